The van der Waals surface area contributed by atoms with Crippen molar-refractivity contribution >= 4 is 18.4 Å². The fourth-order valence-corrected chi connectivity index (χ4v) is 2.09. The molecule has 0 atom stereocenters. The fraction of sp³-hybridized carbons (Fsp3) is 0. The Bertz CT molecular complexity index is 883. The number of hydrogen-bond acceptors (Lipinski definition) is 4. The lowest BCUT2D eigenvalue weighted by atomic mass is 10.2. The Kier molecular flexibility index (Phi) is 3.80. The molecule has 0 amide bonds. The number of nitrogens with one attached hydrogen (secondary N) is 1. The highest BCUT2D eigenvalue weighted by Crippen LogP contribution is 2.17. The van der Waals surface area contributed by atoms with Crippen molar-refractivity contribution in [2.75, 3.05) is 0 Å². The normalized spacial score (nSPS) is 11.1. The summed E-state index contributed by atoms with van der Waals surface area (Å²) in [5, 5.41) is 20.5. The molecule has 0 aliphatic carbocycles. The van der Waals surface area contributed by atoms with Gasteiger partial charge in [-0.05, 0) is 54.2 Å². The molecule has 3 rings (SSSR count). The van der Waals surface area contributed by atoms with Gasteiger partial charge < -0.3 is 5.11 Å². The van der Waals surface area contributed by atoms with Crippen LogP contribution in [0.1, 0.15) is 5.56 Å². The van der Waals surface area contributed by atoms with Crippen LogP contribution in [-0.4, -0.2) is 26.2 Å². The van der Waals surface area contributed by atoms with Gasteiger partial charge in [0.2, 0.25) is 4.77 Å². The standard InChI is InChI=1S/C15H11FN4OS/c16-12-6-4-11(5-7-12)14-18-19-15(22)20(14)17-9-10-2-1-3-13(21)8-10/h1-9,21H,(H,19,22). The summed E-state index contributed by atoms with van der Waals surface area (Å²) in [5.74, 6) is 0.299. The number of nitrogens with zero attached hydrogens (tertiary/aromatic N) is 3. The average Bonchev–Trinajstić information content (AvgIpc) is 2.87. The molecule has 0 saturated heterocycles. The number of H-pyrrole nitrogens is 1. The summed E-state index contributed by atoms with van der Waals surface area (Å²) in [7, 11) is 0. The molecular weight excluding hydrogens is 303 g/mol. The number of rotatable bonds is 3. The maximum atomic E-state index is 13.0. The van der Waals surface area contributed by atoms with Gasteiger partial charge in [-0.15, -0.1) is 0 Å². The largest absolute Gasteiger partial charge is 0.508 e. The van der Waals surface area contributed by atoms with E-state index >= 15 is 0 Å². The highest BCUT2D eigenvalue weighted by atomic mass is 32.1. The van der Waals surface area contributed by atoms with Crippen molar-refractivity contribution in [3.8, 4) is 17.1 Å². The summed E-state index contributed by atoms with van der Waals surface area (Å²) in [4.78, 5) is 0. The zero-order valence-corrected chi connectivity index (χ0v) is 12.1. The van der Waals surface area contributed by atoms with E-state index in [1.807, 2.05) is 0 Å². The lowest BCUT2D eigenvalue weighted by Crippen LogP contribution is -1.95. The first-order chi connectivity index (χ1) is 10.6. The Morgan fingerprint density at radius 2 is 2.00 bits per heavy atom. The molecule has 0 fully saturated rings. The van der Waals surface area contributed by atoms with Crippen molar-refractivity contribution in [2.24, 2.45) is 5.10 Å². The van der Waals surface area contributed by atoms with E-state index in [2.05, 4.69) is 15.3 Å². The van der Waals surface area contributed by atoms with Crippen LogP contribution in [0.5, 0.6) is 5.75 Å². The number of hydrogen-bond donors (Lipinski definition) is 2. The maximum Gasteiger partial charge on any atom is 0.216 e. The molecule has 0 bridgehead atoms. The molecule has 7 heteroatoms. The van der Waals surface area contributed by atoms with E-state index in [-0.39, 0.29) is 11.6 Å². The Morgan fingerprint density at radius 1 is 1.23 bits per heavy atom. The van der Waals surface area contributed by atoms with Crippen molar-refractivity contribution < 1.29 is 9.50 Å². The van der Waals surface area contributed by atoms with Crippen molar-refractivity contribution in [2.45, 2.75) is 0 Å². The maximum absolute atomic E-state index is 13.0. The van der Waals surface area contributed by atoms with Crippen LogP contribution in [-0.2, 0) is 0 Å². The van der Waals surface area contributed by atoms with Crippen LogP contribution in [0.25, 0.3) is 11.4 Å². The predicted octanol–water partition coefficient (Wildman–Crippen LogP) is 3.33. The minimum atomic E-state index is -0.326. The minimum Gasteiger partial charge on any atom is -0.508 e. The average molecular weight is 314 g/mol. The third kappa shape index (κ3) is 2.94. The summed E-state index contributed by atoms with van der Waals surface area (Å²) >= 11 is 5.15. The van der Waals surface area contributed by atoms with Gasteiger partial charge in [0.25, 0.3) is 0 Å². The second-order valence-electron chi connectivity index (χ2n) is 4.51. The second kappa shape index (κ2) is 5.90. The molecule has 22 heavy (non-hydrogen) atoms. The van der Waals surface area contributed by atoms with Gasteiger partial charge >= 0.3 is 0 Å². The van der Waals surface area contributed by atoms with Crippen LogP contribution in [0.2, 0.25) is 0 Å². The molecular formula is C15H11FN4OS. The number of halogens is 1. The summed E-state index contributed by atoms with van der Waals surface area (Å²) < 4.78 is 14.8. The van der Waals surface area contributed by atoms with E-state index in [1.54, 1.807) is 42.6 Å². The third-order valence-electron chi connectivity index (χ3n) is 2.95. The number of aromatic amines is 1. The number of benzene rings is 2. The first kappa shape index (κ1) is 14.2. The van der Waals surface area contributed by atoms with Gasteiger partial charge in [-0.2, -0.15) is 14.9 Å². The Morgan fingerprint density at radius 3 is 2.73 bits per heavy atom. The summed E-state index contributed by atoms with van der Waals surface area (Å²) in [6, 6.07) is 12.5. The number of aromatic nitrogens is 3. The molecule has 1 aromatic heterocycles. The predicted molar refractivity (Wildman–Crippen MR) is 83.9 cm³/mol. The van der Waals surface area contributed by atoms with Gasteiger partial charge in [0.15, 0.2) is 5.82 Å². The van der Waals surface area contributed by atoms with Gasteiger partial charge in [-0.1, -0.05) is 12.1 Å². The zero-order valence-electron chi connectivity index (χ0n) is 11.3. The molecule has 0 aliphatic rings. The van der Waals surface area contributed by atoms with E-state index in [0.717, 1.165) is 0 Å². The van der Waals surface area contributed by atoms with Crippen LogP contribution in [0.3, 0.4) is 0 Å². The van der Waals surface area contributed by atoms with E-state index in [1.165, 1.54) is 16.8 Å². The first-order valence-corrected chi connectivity index (χ1v) is 6.81. The molecule has 0 aliphatic heterocycles. The molecule has 110 valence electrons. The number of phenols is 1. The smallest absolute Gasteiger partial charge is 0.216 e. The lowest BCUT2D eigenvalue weighted by Gasteiger charge is -2.01. The van der Waals surface area contributed by atoms with E-state index in [9.17, 15) is 9.50 Å². The molecule has 0 saturated carbocycles. The molecule has 0 radical (unpaired) electrons. The van der Waals surface area contributed by atoms with Crippen LogP contribution >= 0.6 is 12.2 Å². The molecule has 2 N–H and O–H groups in total. The zero-order chi connectivity index (χ0) is 15.5. The van der Waals surface area contributed by atoms with Crippen molar-refractivity contribution in [3.63, 3.8) is 0 Å². The third-order valence-corrected chi connectivity index (χ3v) is 3.21. The Labute approximate surface area is 130 Å². The second-order valence-corrected chi connectivity index (χ2v) is 4.90. The minimum absolute atomic E-state index is 0.151. The van der Waals surface area contributed by atoms with Gasteiger partial charge in [0, 0.05) is 5.56 Å². The van der Waals surface area contributed by atoms with Crippen molar-refractivity contribution in [1.29, 1.82) is 0 Å². The fourth-order valence-electron chi connectivity index (χ4n) is 1.91. The van der Waals surface area contributed by atoms with Crippen LogP contribution < -0.4 is 0 Å². The summed E-state index contributed by atoms with van der Waals surface area (Å²) in [5.41, 5.74) is 1.40. The Balaban J connectivity index is 1.99. The van der Waals surface area contributed by atoms with Gasteiger partial charge in [-0.25, -0.2) is 9.49 Å². The molecule has 1 heterocycles. The summed E-state index contributed by atoms with van der Waals surface area (Å²) in [6.45, 7) is 0. The van der Waals surface area contributed by atoms with Crippen molar-refractivity contribution in [3.05, 3.63) is 64.7 Å². The Hall–Kier alpha value is -2.80. The number of aromatic hydroxyl groups is 1. The van der Waals surface area contributed by atoms with E-state index in [0.29, 0.717) is 21.7 Å². The van der Waals surface area contributed by atoms with Crippen LogP contribution in [0.4, 0.5) is 4.39 Å². The summed E-state index contributed by atoms with van der Waals surface area (Å²) in [6.07, 6.45) is 1.55. The van der Waals surface area contributed by atoms with E-state index in [4.69, 9.17) is 12.2 Å². The first-order valence-electron chi connectivity index (χ1n) is 6.40. The lowest BCUT2D eigenvalue weighted by molar-refractivity contribution is 0.475. The highest BCUT2D eigenvalue weighted by Gasteiger charge is 2.08. The molecule has 2 aromatic carbocycles. The van der Waals surface area contributed by atoms with Crippen molar-refractivity contribution in [1.82, 2.24) is 14.9 Å². The molecule has 0 unspecified atom stereocenters. The molecule has 5 nitrogen and oxygen atoms in total. The van der Waals surface area contributed by atoms with Gasteiger partial charge in [-0.3, -0.25) is 0 Å². The van der Waals surface area contributed by atoms with Crippen LogP contribution in [0, 0.1) is 10.6 Å². The topological polar surface area (TPSA) is 66.2 Å². The quantitative estimate of drug-likeness (QED) is 0.575. The van der Waals surface area contributed by atoms with E-state index < -0.39 is 0 Å². The molecule has 3 aromatic rings. The monoisotopic (exact) mass is 314 g/mol. The molecule has 0 spiro atoms. The van der Waals surface area contributed by atoms with Gasteiger partial charge in [0.05, 0.1) is 6.21 Å². The van der Waals surface area contributed by atoms with Gasteiger partial charge in [0.1, 0.15) is 11.6 Å². The number of phenolic OH excluding ortho intramolecular Hbond substituents is 1. The highest BCUT2D eigenvalue weighted by molar-refractivity contribution is 7.71. The SMILES string of the molecule is Oc1cccc(C=Nn2c(-c3ccc(F)cc3)n[nH]c2=S)c1. The van der Waals surface area contributed by atoms with Crippen LogP contribution in [0.15, 0.2) is 53.6 Å².